The number of nitrogens with zero attached hydrogens (tertiary/aromatic N) is 1. The first kappa shape index (κ1) is 17.5. The summed E-state index contributed by atoms with van der Waals surface area (Å²) in [5.74, 6) is 0.740. The zero-order chi connectivity index (χ0) is 18.5. The molecule has 0 aliphatic rings. The van der Waals surface area contributed by atoms with Gasteiger partial charge in [-0.2, -0.15) is 0 Å². The van der Waals surface area contributed by atoms with Gasteiger partial charge in [-0.25, -0.2) is 9.78 Å². The van der Waals surface area contributed by atoms with Crippen molar-refractivity contribution >= 4 is 16.9 Å². The topological polar surface area (TPSA) is 90.5 Å². The number of hydrogen-bond donors (Lipinski definition) is 1. The first-order chi connectivity index (χ1) is 12.6. The van der Waals surface area contributed by atoms with E-state index in [-0.39, 0.29) is 18.8 Å². The molecule has 2 aromatic carbocycles. The van der Waals surface area contributed by atoms with Crippen LogP contribution in [0, 0.1) is 0 Å². The highest BCUT2D eigenvalue weighted by molar-refractivity contribution is 5.79. The minimum absolute atomic E-state index is 0.226. The lowest BCUT2D eigenvalue weighted by atomic mass is 10.1. The molecule has 0 radical (unpaired) electrons. The molecule has 26 heavy (non-hydrogen) atoms. The van der Waals surface area contributed by atoms with Crippen molar-refractivity contribution in [2.24, 2.45) is 0 Å². The molecule has 0 fully saturated rings. The van der Waals surface area contributed by atoms with Gasteiger partial charge in [-0.3, -0.25) is 4.79 Å². The van der Waals surface area contributed by atoms with Crippen LogP contribution in [-0.2, 0) is 9.53 Å². The summed E-state index contributed by atoms with van der Waals surface area (Å²) < 4.78 is 15.6. The molecule has 7 nitrogen and oxygen atoms in total. The highest BCUT2D eigenvalue weighted by Gasteiger charge is 2.12. The van der Waals surface area contributed by atoms with Crippen molar-refractivity contribution in [1.82, 2.24) is 9.97 Å². The molecule has 7 heteroatoms. The molecule has 0 saturated heterocycles. The maximum absolute atomic E-state index is 12.3. The summed E-state index contributed by atoms with van der Waals surface area (Å²) >= 11 is 0. The molecule has 1 aromatic heterocycles. The lowest BCUT2D eigenvalue weighted by Gasteiger charge is -2.12. The van der Waals surface area contributed by atoms with E-state index >= 15 is 0 Å². The summed E-state index contributed by atoms with van der Waals surface area (Å²) in [6.45, 7) is 1.76. The molecule has 0 saturated carbocycles. The zero-order valence-electron chi connectivity index (χ0n) is 14.4. The summed E-state index contributed by atoms with van der Waals surface area (Å²) in [7, 11) is 1.50. The molecule has 0 atom stereocenters. The van der Waals surface area contributed by atoms with Crippen LogP contribution in [0.1, 0.15) is 6.92 Å². The molecule has 0 bridgehead atoms. The van der Waals surface area contributed by atoms with Crippen LogP contribution in [0.5, 0.6) is 11.5 Å². The molecule has 134 valence electrons. The summed E-state index contributed by atoms with van der Waals surface area (Å²) in [6, 6.07) is 12.2. The van der Waals surface area contributed by atoms with Gasteiger partial charge in [-0.15, -0.1) is 0 Å². The molecule has 0 aliphatic heterocycles. The number of nitrogens with one attached hydrogen (secondary N) is 1. The van der Waals surface area contributed by atoms with Crippen molar-refractivity contribution in [2.45, 2.75) is 6.92 Å². The molecule has 3 aromatic rings. The number of benzene rings is 2. The van der Waals surface area contributed by atoms with Gasteiger partial charge in [0.05, 0.1) is 24.6 Å². The Morgan fingerprint density at radius 3 is 2.73 bits per heavy atom. The van der Waals surface area contributed by atoms with E-state index in [1.807, 2.05) is 6.07 Å². The fraction of sp³-hybridized carbons (Fsp3) is 0.211. The predicted molar refractivity (Wildman–Crippen MR) is 96.5 cm³/mol. The van der Waals surface area contributed by atoms with E-state index in [0.717, 1.165) is 0 Å². The number of hydrogen-bond acceptors (Lipinski definition) is 6. The molecule has 1 heterocycles. The van der Waals surface area contributed by atoms with Crippen molar-refractivity contribution in [3.8, 4) is 22.9 Å². The maximum atomic E-state index is 12.3. The van der Waals surface area contributed by atoms with Gasteiger partial charge in [0.2, 0.25) is 0 Å². The lowest BCUT2D eigenvalue weighted by Crippen LogP contribution is -2.15. The number of fused-ring (bicyclic) bond motifs is 1. The monoisotopic (exact) mass is 354 g/mol. The highest BCUT2D eigenvalue weighted by atomic mass is 16.6. The third-order valence-electron chi connectivity index (χ3n) is 3.70. The van der Waals surface area contributed by atoms with E-state index in [0.29, 0.717) is 33.8 Å². The Balaban J connectivity index is 1.97. The van der Waals surface area contributed by atoms with Crippen LogP contribution in [0.2, 0.25) is 0 Å². The fourth-order valence-corrected chi connectivity index (χ4v) is 2.50. The normalized spacial score (nSPS) is 10.5. The van der Waals surface area contributed by atoms with Crippen LogP contribution in [0.15, 0.2) is 47.3 Å². The predicted octanol–water partition coefficient (Wildman–Crippen LogP) is 2.54. The lowest BCUT2D eigenvalue weighted by molar-refractivity contribution is -0.145. The van der Waals surface area contributed by atoms with E-state index in [1.54, 1.807) is 43.3 Å². The largest absolute Gasteiger partial charge is 0.493 e. The van der Waals surface area contributed by atoms with Crippen LogP contribution in [0.25, 0.3) is 22.3 Å². The Bertz CT molecular complexity index is 997. The van der Waals surface area contributed by atoms with Crippen LogP contribution in [0.3, 0.4) is 0 Å². The van der Waals surface area contributed by atoms with Gasteiger partial charge < -0.3 is 19.2 Å². The Labute approximate surface area is 149 Å². The summed E-state index contributed by atoms with van der Waals surface area (Å²) in [5.41, 5.74) is 0.999. The number of rotatable bonds is 6. The van der Waals surface area contributed by atoms with E-state index in [1.165, 1.54) is 7.11 Å². The average Bonchev–Trinajstić information content (AvgIpc) is 2.66. The third kappa shape index (κ3) is 3.66. The van der Waals surface area contributed by atoms with E-state index in [2.05, 4.69) is 9.97 Å². The quantitative estimate of drug-likeness (QED) is 0.684. The van der Waals surface area contributed by atoms with E-state index in [4.69, 9.17) is 14.2 Å². The molecular formula is C19H18N2O5. The maximum Gasteiger partial charge on any atom is 0.344 e. The number of carbonyl (C=O) groups is 1. The van der Waals surface area contributed by atoms with Crippen LogP contribution in [-0.4, -0.2) is 36.3 Å². The van der Waals surface area contributed by atoms with Crippen molar-refractivity contribution in [1.29, 1.82) is 0 Å². The minimum atomic E-state index is -0.475. The van der Waals surface area contributed by atoms with Crippen LogP contribution in [0.4, 0.5) is 0 Å². The average molecular weight is 354 g/mol. The Morgan fingerprint density at radius 1 is 1.15 bits per heavy atom. The Morgan fingerprint density at radius 2 is 1.96 bits per heavy atom. The molecule has 3 rings (SSSR count). The fourth-order valence-electron chi connectivity index (χ4n) is 2.50. The molecule has 0 unspecified atom stereocenters. The van der Waals surface area contributed by atoms with Gasteiger partial charge in [-0.1, -0.05) is 12.1 Å². The molecule has 1 N–H and O–H groups in total. The highest BCUT2D eigenvalue weighted by Crippen LogP contribution is 2.31. The number of H-pyrrole nitrogens is 1. The molecule has 0 amide bonds. The second-order valence-corrected chi connectivity index (χ2v) is 5.39. The first-order valence-electron chi connectivity index (χ1n) is 8.08. The van der Waals surface area contributed by atoms with Crippen molar-refractivity contribution in [3.63, 3.8) is 0 Å². The first-order valence-corrected chi connectivity index (χ1v) is 8.08. The van der Waals surface area contributed by atoms with Crippen LogP contribution < -0.4 is 15.0 Å². The number of ether oxygens (including phenoxy) is 3. The van der Waals surface area contributed by atoms with Crippen molar-refractivity contribution in [3.05, 3.63) is 52.8 Å². The van der Waals surface area contributed by atoms with Gasteiger partial charge >= 0.3 is 5.97 Å². The molecule has 0 spiro atoms. The standard InChI is InChI=1S/C19H18N2O5/c1-3-25-17(22)11-26-16-10-12(8-9-15(16)24-2)18-20-14-7-5-4-6-13(14)19(23)21-18/h4-10H,3,11H2,1-2H3,(H,20,21,23). The van der Waals surface area contributed by atoms with Gasteiger partial charge in [0.1, 0.15) is 5.82 Å². The van der Waals surface area contributed by atoms with Gasteiger partial charge in [0.15, 0.2) is 18.1 Å². The second kappa shape index (κ2) is 7.69. The second-order valence-electron chi connectivity index (χ2n) is 5.39. The summed E-state index contributed by atoms with van der Waals surface area (Å²) in [4.78, 5) is 31.0. The SMILES string of the molecule is CCOC(=O)COc1cc(-c2nc3ccccc3c(=O)[nH]2)ccc1OC. The number of esters is 1. The molecule has 0 aliphatic carbocycles. The van der Waals surface area contributed by atoms with E-state index in [9.17, 15) is 9.59 Å². The number of aromatic amines is 1. The smallest absolute Gasteiger partial charge is 0.344 e. The van der Waals surface area contributed by atoms with Gasteiger partial charge in [-0.05, 0) is 37.3 Å². The van der Waals surface area contributed by atoms with E-state index < -0.39 is 5.97 Å². The van der Waals surface area contributed by atoms with Gasteiger partial charge in [0.25, 0.3) is 5.56 Å². The summed E-state index contributed by atoms with van der Waals surface area (Å²) in [6.07, 6.45) is 0. The number of carbonyl (C=O) groups excluding carboxylic acids is 1. The number of methoxy groups -OCH3 is 1. The third-order valence-corrected chi connectivity index (χ3v) is 3.70. The molecular weight excluding hydrogens is 336 g/mol. The zero-order valence-corrected chi connectivity index (χ0v) is 14.4. The van der Waals surface area contributed by atoms with Crippen LogP contribution >= 0.6 is 0 Å². The minimum Gasteiger partial charge on any atom is -0.493 e. The number of aromatic nitrogens is 2. The van der Waals surface area contributed by atoms with Crippen molar-refractivity contribution < 1.29 is 19.0 Å². The Hall–Kier alpha value is -3.35. The number of para-hydroxylation sites is 1. The van der Waals surface area contributed by atoms with Gasteiger partial charge in [0, 0.05) is 5.56 Å². The Kier molecular flexibility index (Phi) is 5.17. The van der Waals surface area contributed by atoms with Crippen molar-refractivity contribution in [2.75, 3.05) is 20.3 Å². The summed E-state index contributed by atoms with van der Waals surface area (Å²) in [5, 5.41) is 0.517.